The molecule has 3 nitrogen and oxygen atoms in total. The summed E-state index contributed by atoms with van der Waals surface area (Å²) in [6.45, 7) is 6.78. The van der Waals surface area contributed by atoms with Crippen LogP contribution in [0.1, 0.15) is 30.2 Å². The SMILES string of the molecule is CC1CCN(C(=O)CN2CCc3sccc3C2)CC1. The molecule has 4 heteroatoms. The minimum atomic E-state index is 0.325. The van der Waals surface area contributed by atoms with E-state index < -0.39 is 0 Å². The highest BCUT2D eigenvalue weighted by molar-refractivity contribution is 7.10. The average molecular weight is 278 g/mol. The van der Waals surface area contributed by atoms with Gasteiger partial charge in [0.1, 0.15) is 0 Å². The van der Waals surface area contributed by atoms with Crippen LogP contribution in [0.5, 0.6) is 0 Å². The quantitative estimate of drug-likeness (QED) is 0.829. The van der Waals surface area contributed by atoms with Gasteiger partial charge >= 0.3 is 0 Å². The van der Waals surface area contributed by atoms with E-state index in [9.17, 15) is 4.79 Å². The molecule has 2 aliphatic heterocycles. The molecule has 0 unspecified atom stereocenters. The van der Waals surface area contributed by atoms with Gasteiger partial charge in [-0.1, -0.05) is 6.92 Å². The lowest BCUT2D eigenvalue weighted by Crippen LogP contribution is -2.44. The summed E-state index contributed by atoms with van der Waals surface area (Å²) in [6.07, 6.45) is 3.44. The number of piperidine rings is 1. The van der Waals surface area contributed by atoms with Gasteiger partial charge < -0.3 is 4.90 Å². The van der Waals surface area contributed by atoms with E-state index >= 15 is 0 Å². The Morgan fingerprint density at radius 1 is 1.37 bits per heavy atom. The molecule has 1 aromatic rings. The number of thiophene rings is 1. The molecule has 0 aliphatic carbocycles. The van der Waals surface area contributed by atoms with Crippen molar-refractivity contribution in [2.45, 2.75) is 32.7 Å². The molecule has 3 heterocycles. The Labute approximate surface area is 119 Å². The van der Waals surface area contributed by atoms with Gasteiger partial charge in [-0.25, -0.2) is 0 Å². The second-order valence-electron chi connectivity index (χ2n) is 5.89. The number of hydrogen-bond donors (Lipinski definition) is 0. The van der Waals surface area contributed by atoms with Gasteiger partial charge in [-0.15, -0.1) is 11.3 Å². The van der Waals surface area contributed by atoms with Gasteiger partial charge in [0.05, 0.1) is 6.54 Å². The van der Waals surface area contributed by atoms with Gasteiger partial charge in [-0.3, -0.25) is 9.69 Å². The summed E-state index contributed by atoms with van der Waals surface area (Å²) >= 11 is 1.85. The number of carbonyl (C=O) groups is 1. The molecule has 19 heavy (non-hydrogen) atoms. The summed E-state index contributed by atoms with van der Waals surface area (Å²) in [4.78, 5) is 18.2. The number of fused-ring (bicyclic) bond motifs is 1. The summed E-state index contributed by atoms with van der Waals surface area (Å²) in [6, 6.07) is 2.21. The fraction of sp³-hybridized carbons (Fsp3) is 0.667. The van der Waals surface area contributed by atoms with E-state index in [2.05, 4.69) is 28.2 Å². The van der Waals surface area contributed by atoms with Gasteiger partial charge in [-0.05, 0) is 42.2 Å². The van der Waals surface area contributed by atoms with Crippen LogP contribution in [-0.4, -0.2) is 41.9 Å². The van der Waals surface area contributed by atoms with Crippen LogP contribution in [0.25, 0.3) is 0 Å². The van der Waals surface area contributed by atoms with Crippen molar-refractivity contribution in [3.05, 3.63) is 21.9 Å². The van der Waals surface area contributed by atoms with E-state index in [1.165, 1.54) is 23.3 Å². The topological polar surface area (TPSA) is 23.6 Å². The van der Waals surface area contributed by atoms with Crippen molar-refractivity contribution in [1.82, 2.24) is 9.80 Å². The van der Waals surface area contributed by atoms with Crippen molar-refractivity contribution in [2.24, 2.45) is 5.92 Å². The Kier molecular flexibility index (Phi) is 3.89. The highest BCUT2D eigenvalue weighted by atomic mass is 32.1. The Bertz CT molecular complexity index is 449. The van der Waals surface area contributed by atoms with Crippen molar-refractivity contribution >= 4 is 17.2 Å². The van der Waals surface area contributed by atoms with E-state index in [1.54, 1.807) is 0 Å². The maximum atomic E-state index is 12.3. The Balaban J connectivity index is 1.53. The largest absolute Gasteiger partial charge is 0.342 e. The Hall–Kier alpha value is -0.870. The smallest absolute Gasteiger partial charge is 0.236 e. The Morgan fingerprint density at radius 3 is 2.95 bits per heavy atom. The second-order valence-corrected chi connectivity index (χ2v) is 6.89. The third kappa shape index (κ3) is 3.00. The van der Waals surface area contributed by atoms with Crippen molar-refractivity contribution in [3.8, 4) is 0 Å². The molecule has 104 valence electrons. The van der Waals surface area contributed by atoms with E-state index in [4.69, 9.17) is 0 Å². The maximum Gasteiger partial charge on any atom is 0.236 e. The lowest BCUT2D eigenvalue weighted by molar-refractivity contribution is -0.133. The lowest BCUT2D eigenvalue weighted by Gasteiger charge is -2.33. The molecular formula is C15H22N2OS. The van der Waals surface area contributed by atoms with E-state index in [1.807, 2.05) is 11.3 Å². The lowest BCUT2D eigenvalue weighted by atomic mass is 9.99. The zero-order valence-corrected chi connectivity index (χ0v) is 12.4. The Morgan fingerprint density at radius 2 is 2.16 bits per heavy atom. The monoisotopic (exact) mass is 278 g/mol. The van der Waals surface area contributed by atoms with Crippen LogP contribution in [0.4, 0.5) is 0 Å². The summed E-state index contributed by atoms with van der Waals surface area (Å²) in [5.74, 6) is 1.11. The standard InChI is InChI=1S/C15H22N2OS/c1-12-2-7-17(8-3-12)15(18)11-16-6-4-14-13(10-16)5-9-19-14/h5,9,12H,2-4,6-8,10-11H2,1H3. The van der Waals surface area contributed by atoms with Crippen molar-refractivity contribution in [3.63, 3.8) is 0 Å². The summed E-state index contributed by atoms with van der Waals surface area (Å²) in [5.41, 5.74) is 1.43. The van der Waals surface area contributed by atoms with E-state index in [0.717, 1.165) is 38.5 Å². The zero-order valence-electron chi connectivity index (χ0n) is 11.6. The second kappa shape index (κ2) is 5.63. The van der Waals surface area contributed by atoms with Crippen LogP contribution in [0, 0.1) is 5.92 Å². The fourth-order valence-electron chi connectivity index (χ4n) is 2.99. The molecular weight excluding hydrogens is 256 g/mol. The molecule has 1 amide bonds. The molecule has 1 fully saturated rings. The van der Waals surface area contributed by atoms with Crippen molar-refractivity contribution in [1.29, 1.82) is 0 Å². The molecule has 0 saturated carbocycles. The average Bonchev–Trinajstić information content (AvgIpc) is 2.87. The third-order valence-electron chi connectivity index (χ3n) is 4.38. The van der Waals surface area contributed by atoms with Crippen LogP contribution >= 0.6 is 11.3 Å². The van der Waals surface area contributed by atoms with Gasteiger partial charge in [0, 0.05) is 31.1 Å². The zero-order chi connectivity index (χ0) is 13.2. The number of amides is 1. The molecule has 0 aromatic carbocycles. The minimum Gasteiger partial charge on any atom is -0.342 e. The first-order chi connectivity index (χ1) is 9.22. The van der Waals surface area contributed by atoms with Gasteiger partial charge in [0.15, 0.2) is 0 Å². The first-order valence-electron chi connectivity index (χ1n) is 7.28. The van der Waals surface area contributed by atoms with E-state index in [-0.39, 0.29) is 0 Å². The number of rotatable bonds is 2. The predicted octanol–water partition coefficient (Wildman–Crippen LogP) is 2.36. The highest BCUT2D eigenvalue weighted by Gasteiger charge is 2.24. The predicted molar refractivity (Wildman–Crippen MR) is 78.3 cm³/mol. The number of likely N-dealkylation sites (tertiary alicyclic amines) is 1. The number of nitrogens with zero attached hydrogens (tertiary/aromatic N) is 2. The maximum absolute atomic E-state index is 12.3. The van der Waals surface area contributed by atoms with Crippen molar-refractivity contribution < 1.29 is 4.79 Å². The van der Waals surface area contributed by atoms with E-state index in [0.29, 0.717) is 12.5 Å². The summed E-state index contributed by atoms with van der Waals surface area (Å²) < 4.78 is 0. The summed E-state index contributed by atoms with van der Waals surface area (Å²) in [5, 5.41) is 2.17. The van der Waals surface area contributed by atoms with Crippen LogP contribution in [0.3, 0.4) is 0 Å². The molecule has 1 aromatic heterocycles. The highest BCUT2D eigenvalue weighted by Crippen LogP contribution is 2.24. The molecule has 0 N–H and O–H groups in total. The van der Waals surface area contributed by atoms with Crippen LogP contribution in [0.15, 0.2) is 11.4 Å². The molecule has 0 atom stereocenters. The van der Waals surface area contributed by atoms with Gasteiger partial charge in [0.25, 0.3) is 0 Å². The normalized spacial score (nSPS) is 21.4. The summed E-state index contributed by atoms with van der Waals surface area (Å²) in [7, 11) is 0. The molecule has 2 aliphatic rings. The molecule has 0 bridgehead atoms. The van der Waals surface area contributed by atoms with Gasteiger partial charge in [-0.2, -0.15) is 0 Å². The van der Waals surface area contributed by atoms with Crippen LogP contribution in [-0.2, 0) is 17.8 Å². The molecule has 0 radical (unpaired) electrons. The van der Waals surface area contributed by atoms with Crippen LogP contribution in [0.2, 0.25) is 0 Å². The molecule has 3 rings (SSSR count). The third-order valence-corrected chi connectivity index (χ3v) is 5.40. The van der Waals surface area contributed by atoms with Crippen LogP contribution < -0.4 is 0 Å². The van der Waals surface area contributed by atoms with Crippen molar-refractivity contribution in [2.75, 3.05) is 26.2 Å². The molecule has 1 saturated heterocycles. The first-order valence-corrected chi connectivity index (χ1v) is 8.15. The first kappa shape index (κ1) is 13.1. The molecule has 0 spiro atoms. The minimum absolute atomic E-state index is 0.325. The number of carbonyl (C=O) groups excluding carboxylic acids is 1. The number of hydrogen-bond acceptors (Lipinski definition) is 3. The van der Waals surface area contributed by atoms with Gasteiger partial charge in [0.2, 0.25) is 5.91 Å². The fourth-order valence-corrected chi connectivity index (χ4v) is 3.88.